The van der Waals surface area contributed by atoms with E-state index in [4.69, 9.17) is 5.14 Å². The van der Waals surface area contributed by atoms with Crippen molar-refractivity contribution in [3.05, 3.63) is 41.5 Å². The fraction of sp³-hybridized carbons (Fsp3) is 0.438. The van der Waals surface area contributed by atoms with Crippen LogP contribution in [0.1, 0.15) is 47.7 Å². The van der Waals surface area contributed by atoms with Gasteiger partial charge in [0.25, 0.3) is 5.91 Å². The molecular formula is C16H21N5O4S. The van der Waals surface area contributed by atoms with Gasteiger partial charge in [-0.25, -0.2) is 13.6 Å². The van der Waals surface area contributed by atoms with Crippen LogP contribution in [0.2, 0.25) is 0 Å². The monoisotopic (exact) mass is 379 g/mol. The molecule has 1 aromatic carbocycles. The maximum absolute atomic E-state index is 12.3. The Labute approximate surface area is 151 Å². The van der Waals surface area contributed by atoms with Crippen molar-refractivity contribution in [3.8, 4) is 0 Å². The van der Waals surface area contributed by atoms with Crippen LogP contribution >= 0.6 is 0 Å². The summed E-state index contributed by atoms with van der Waals surface area (Å²) in [6.45, 7) is 2.50. The summed E-state index contributed by atoms with van der Waals surface area (Å²) in [5, 5.41) is 25.4. The second-order valence-electron chi connectivity index (χ2n) is 6.28. The van der Waals surface area contributed by atoms with Gasteiger partial charge in [0, 0.05) is 24.1 Å². The van der Waals surface area contributed by atoms with Crippen LogP contribution in [0.5, 0.6) is 0 Å². The Bertz CT molecular complexity index is 901. The molecule has 1 aliphatic rings. The number of rotatable bonds is 6. The van der Waals surface area contributed by atoms with Gasteiger partial charge in [-0.1, -0.05) is 0 Å². The quantitative estimate of drug-likeness (QED) is 0.651. The fourth-order valence-electron chi connectivity index (χ4n) is 3.12. The van der Waals surface area contributed by atoms with Crippen LogP contribution < -0.4 is 10.5 Å². The predicted octanol–water partition coefficient (Wildman–Crippen LogP) is 0.114. The van der Waals surface area contributed by atoms with Crippen LogP contribution in [0.15, 0.2) is 29.2 Å². The Morgan fingerprint density at radius 3 is 2.50 bits per heavy atom. The molecule has 2 aromatic rings. The van der Waals surface area contributed by atoms with Crippen LogP contribution in [-0.2, 0) is 23.2 Å². The molecule has 0 unspecified atom stereocenters. The van der Waals surface area contributed by atoms with Crippen molar-refractivity contribution in [2.45, 2.75) is 49.8 Å². The van der Waals surface area contributed by atoms with E-state index in [1.165, 1.54) is 24.3 Å². The summed E-state index contributed by atoms with van der Waals surface area (Å²) in [4.78, 5) is 12.2. The lowest BCUT2D eigenvalue weighted by Gasteiger charge is -2.35. The highest BCUT2D eigenvalue weighted by molar-refractivity contribution is 7.89. The molecule has 4 N–H and O–H groups in total. The van der Waals surface area contributed by atoms with Gasteiger partial charge in [-0.15, -0.1) is 10.2 Å². The third kappa shape index (κ3) is 3.62. The zero-order valence-corrected chi connectivity index (χ0v) is 15.1. The number of hydrogen-bond acceptors (Lipinski definition) is 6. The molecule has 1 fully saturated rings. The van der Waals surface area contributed by atoms with E-state index in [0.29, 0.717) is 17.9 Å². The van der Waals surface area contributed by atoms with Crippen LogP contribution in [-0.4, -0.2) is 40.2 Å². The van der Waals surface area contributed by atoms with E-state index in [-0.39, 0.29) is 29.4 Å². The number of amides is 1. The highest BCUT2D eigenvalue weighted by Gasteiger charge is 2.35. The van der Waals surface area contributed by atoms with Crippen LogP contribution in [0.25, 0.3) is 0 Å². The average molecular weight is 379 g/mol. The second-order valence-corrected chi connectivity index (χ2v) is 7.85. The minimum atomic E-state index is -3.77. The van der Waals surface area contributed by atoms with E-state index in [1.54, 1.807) is 0 Å². The van der Waals surface area contributed by atoms with Gasteiger partial charge >= 0.3 is 0 Å². The first-order valence-corrected chi connectivity index (χ1v) is 9.84. The van der Waals surface area contributed by atoms with Gasteiger partial charge in [-0.2, -0.15) is 0 Å². The third-order valence-electron chi connectivity index (χ3n) is 4.60. The van der Waals surface area contributed by atoms with Gasteiger partial charge < -0.3 is 15.0 Å². The predicted molar refractivity (Wildman–Crippen MR) is 92.7 cm³/mol. The molecule has 3 rings (SSSR count). The summed E-state index contributed by atoms with van der Waals surface area (Å²) in [7, 11) is -3.77. The Balaban J connectivity index is 1.59. The Hall–Kier alpha value is -2.30. The molecular weight excluding hydrogens is 358 g/mol. The second kappa shape index (κ2) is 7.14. The van der Waals surface area contributed by atoms with Crippen LogP contribution in [0.4, 0.5) is 0 Å². The molecule has 1 heterocycles. The number of nitrogens with two attached hydrogens (primary N) is 1. The van der Waals surface area contributed by atoms with Crippen molar-refractivity contribution in [3.63, 3.8) is 0 Å². The molecule has 0 spiro atoms. The van der Waals surface area contributed by atoms with E-state index >= 15 is 0 Å². The molecule has 1 amide bonds. The standard InChI is InChI=1S/C16H21N5O4S/c1-2-21-14(9-22)19-20-15(21)11-7-12(8-11)18-16(23)10-3-5-13(6-4-10)26(17,24)25/h3-6,11-12,22H,2,7-9H2,1H3,(H,18,23)(H2,17,24,25). The summed E-state index contributed by atoms with van der Waals surface area (Å²) in [5.41, 5.74) is 0.375. The molecule has 10 heteroatoms. The summed E-state index contributed by atoms with van der Waals surface area (Å²) in [6.07, 6.45) is 1.48. The maximum atomic E-state index is 12.3. The molecule has 0 radical (unpaired) electrons. The zero-order chi connectivity index (χ0) is 18.9. The maximum Gasteiger partial charge on any atom is 0.251 e. The number of aliphatic hydroxyl groups excluding tert-OH is 1. The molecule has 26 heavy (non-hydrogen) atoms. The smallest absolute Gasteiger partial charge is 0.251 e. The summed E-state index contributed by atoms with van der Waals surface area (Å²) in [5.74, 6) is 1.31. The minimum Gasteiger partial charge on any atom is -0.388 e. The van der Waals surface area contributed by atoms with E-state index in [2.05, 4.69) is 15.5 Å². The number of carbonyl (C=O) groups excluding carboxylic acids is 1. The number of aliphatic hydroxyl groups is 1. The number of sulfonamides is 1. The van der Waals surface area contributed by atoms with Crippen LogP contribution in [0.3, 0.4) is 0 Å². The van der Waals surface area contributed by atoms with Crippen molar-refractivity contribution < 1.29 is 18.3 Å². The van der Waals surface area contributed by atoms with Gasteiger partial charge in [-0.05, 0) is 44.0 Å². The van der Waals surface area contributed by atoms with E-state index in [9.17, 15) is 18.3 Å². The number of hydrogen-bond donors (Lipinski definition) is 3. The number of nitrogens with zero attached hydrogens (tertiary/aromatic N) is 3. The molecule has 1 saturated carbocycles. The van der Waals surface area contributed by atoms with Gasteiger partial charge in [0.15, 0.2) is 5.82 Å². The molecule has 0 aliphatic heterocycles. The number of aromatic nitrogens is 3. The van der Waals surface area contributed by atoms with E-state index in [1.807, 2.05) is 11.5 Å². The third-order valence-corrected chi connectivity index (χ3v) is 5.53. The van der Waals surface area contributed by atoms with E-state index in [0.717, 1.165) is 18.7 Å². The van der Waals surface area contributed by atoms with Crippen molar-refractivity contribution in [2.24, 2.45) is 5.14 Å². The zero-order valence-electron chi connectivity index (χ0n) is 14.3. The normalized spacial score (nSPS) is 19.8. The number of benzene rings is 1. The molecule has 140 valence electrons. The van der Waals surface area contributed by atoms with Crippen molar-refractivity contribution >= 4 is 15.9 Å². The lowest BCUT2D eigenvalue weighted by molar-refractivity contribution is 0.0906. The average Bonchev–Trinajstić information content (AvgIpc) is 2.99. The lowest BCUT2D eigenvalue weighted by atomic mass is 9.79. The fourth-order valence-corrected chi connectivity index (χ4v) is 3.64. The number of nitrogens with one attached hydrogen (secondary N) is 1. The lowest BCUT2D eigenvalue weighted by Crippen LogP contribution is -2.44. The summed E-state index contributed by atoms with van der Waals surface area (Å²) >= 11 is 0. The van der Waals surface area contributed by atoms with E-state index < -0.39 is 10.0 Å². The molecule has 1 aromatic heterocycles. The molecule has 0 saturated heterocycles. The summed E-state index contributed by atoms with van der Waals surface area (Å²) < 4.78 is 24.4. The highest BCUT2D eigenvalue weighted by Crippen LogP contribution is 2.36. The number of carbonyl (C=O) groups is 1. The Kier molecular flexibility index (Phi) is 5.08. The van der Waals surface area contributed by atoms with Crippen LogP contribution in [0, 0.1) is 0 Å². The van der Waals surface area contributed by atoms with Gasteiger partial charge in [0.05, 0.1) is 4.90 Å². The largest absolute Gasteiger partial charge is 0.388 e. The Morgan fingerprint density at radius 1 is 1.31 bits per heavy atom. The van der Waals surface area contributed by atoms with Crippen molar-refractivity contribution in [1.82, 2.24) is 20.1 Å². The van der Waals surface area contributed by atoms with Crippen molar-refractivity contribution in [1.29, 1.82) is 0 Å². The topological polar surface area (TPSA) is 140 Å². The van der Waals surface area contributed by atoms with Gasteiger partial charge in [-0.3, -0.25) is 4.79 Å². The van der Waals surface area contributed by atoms with Crippen molar-refractivity contribution in [2.75, 3.05) is 0 Å². The first-order chi connectivity index (χ1) is 12.3. The molecule has 0 bridgehead atoms. The molecule has 1 aliphatic carbocycles. The molecule has 9 nitrogen and oxygen atoms in total. The summed E-state index contributed by atoms with van der Waals surface area (Å²) in [6, 6.07) is 5.52. The number of primary sulfonamides is 1. The minimum absolute atomic E-state index is 0.0185. The molecule has 0 atom stereocenters. The Morgan fingerprint density at radius 2 is 1.96 bits per heavy atom. The highest BCUT2D eigenvalue weighted by atomic mass is 32.2. The van der Waals surface area contributed by atoms with Gasteiger partial charge in [0.2, 0.25) is 10.0 Å². The SMILES string of the molecule is CCn1c(CO)nnc1C1CC(NC(=O)c2ccc(S(N)(=O)=O)cc2)C1. The first-order valence-electron chi connectivity index (χ1n) is 8.30. The van der Waals surface area contributed by atoms with Gasteiger partial charge in [0.1, 0.15) is 12.4 Å². The first kappa shape index (κ1) is 18.5.